The summed E-state index contributed by atoms with van der Waals surface area (Å²) >= 11 is 0. The van der Waals surface area contributed by atoms with E-state index in [4.69, 9.17) is 10.5 Å². The van der Waals surface area contributed by atoms with Gasteiger partial charge in [-0.1, -0.05) is 43.7 Å². The van der Waals surface area contributed by atoms with Gasteiger partial charge in [0, 0.05) is 38.1 Å². The number of nitrogens with two attached hydrogens (primary N) is 1. The molecule has 0 aromatic heterocycles. The van der Waals surface area contributed by atoms with Crippen molar-refractivity contribution in [2.75, 3.05) is 32.8 Å². The number of hydrogen-bond donors (Lipinski definition) is 4. The number of carbonyl (C=O) groups is 3. The molecule has 3 amide bonds. The van der Waals surface area contributed by atoms with Crippen molar-refractivity contribution in [2.24, 2.45) is 23.5 Å². The quantitative estimate of drug-likeness (QED) is 0.173. The van der Waals surface area contributed by atoms with Crippen LogP contribution >= 0.6 is 0 Å². The van der Waals surface area contributed by atoms with Gasteiger partial charge in [0.2, 0.25) is 17.7 Å². The number of amides is 3. The van der Waals surface area contributed by atoms with E-state index in [0.29, 0.717) is 57.5 Å². The number of ether oxygens (including phenoxy) is 1. The largest absolute Gasteiger partial charge is 0.373 e. The summed E-state index contributed by atoms with van der Waals surface area (Å²) < 4.78 is 6.01. The Kier molecular flexibility index (Phi) is 14.8. The zero-order chi connectivity index (χ0) is 32.9. The maximum absolute atomic E-state index is 13.7. The molecule has 3 aliphatic carbocycles. The molecule has 6 atom stereocenters. The molecule has 5 N–H and O–H groups in total. The van der Waals surface area contributed by atoms with Gasteiger partial charge in [0.05, 0.1) is 12.7 Å². The first-order valence-electron chi connectivity index (χ1n) is 18.3. The molecule has 1 aliphatic heterocycles. The Bertz CT molecular complexity index is 1100. The lowest BCUT2D eigenvalue weighted by atomic mass is 9.73. The van der Waals surface area contributed by atoms with Crippen LogP contribution in [0.15, 0.2) is 35.5 Å². The van der Waals surface area contributed by atoms with Gasteiger partial charge >= 0.3 is 0 Å². The van der Waals surface area contributed by atoms with E-state index in [0.717, 1.165) is 51.4 Å². The summed E-state index contributed by atoms with van der Waals surface area (Å²) in [5.74, 6) is 0.698. The maximum Gasteiger partial charge on any atom is 0.243 e. The molecule has 0 aromatic rings. The van der Waals surface area contributed by atoms with Gasteiger partial charge in [-0.2, -0.15) is 0 Å². The Hall–Kier alpha value is -2.49. The number of rotatable bonds is 17. The molecule has 4 unspecified atom stereocenters. The van der Waals surface area contributed by atoms with Crippen molar-refractivity contribution in [3.63, 3.8) is 0 Å². The van der Waals surface area contributed by atoms with Crippen LogP contribution in [0.25, 0.3) is 0 Å². The lowest BCUT2D eigenvalue weighted by molar-refractivity contribution is -0.142. The van der Waals surface area contributed by atoms with Crippen LogP contribution in [0.4, 0.5) is 0 Å². The van der Waals surface area contributed by atoms with Gasteiger partial charge in [0.1, 0.15) is 12.1 Å². The molecular weight excluding hydrogens is 578 g/mol. The molecule has 0 saturated carbocycles. The fourth-order valence-electron chi connectivity index (χ4n) is 7.51. The second-order valence-corrected chi connectivity index (χ2v) is 14.1. The molecule has 9 heteroatoms. The highest BCUT2D eigenvalue weighted by atomic mass is 16.5. The van der Waals surface area contributed by atoms with Gasteiger partial charge in [-0.3, -0.25) is 14.4 Å². The Morgan fingerprint density at radius 2 is 1.85 bits per heavy atom. The average molecular weight is 640 g/mol. The number of hydrogen-bond acceptors (Lipinski definition) is 6. The van der Waals surface area contributed by atoms with Crippen molar-refractivity contribution in [3.8, 4) is 0 Å². The Morgan fingerprint density at radius 1 is 1.02 bits per heavy atom. The van der Waals surface area contributed by atoms with Gasteiger partial charge in [0.15, 0.2) is 0 Å². The molecule has 0 radical (unpaired) electrons. The summed E-state index contributed by atoms with van der Waals surface area (Å²) in [6.07, 6.45) is 21.8. The minimum Gasteiger partial charge on any atom is -0.373 e. The zero-order valence-electron chi connectivity index (χ0n) is 28.7. The van der Waals surface area contributed by atoms with E-state index in [9.17, 15) is 14.4 Å². The predicted octanol–water partition coefficient (Wildman–Crippen LogP) is 4.53. The Balaban J connectivity index is 1.30. The summed E-state index contributed by atoms with van der Waals surface area (Å²) in [4.78, 5) is 42.3. The molecule has 46 heavy (non-hydrogen) atoms. The van der Waals surface area contributed by atoms with E-state index in [1.165, 1.54) is 30.4 Å². The van der Waals surface area contributed by atoms with Crippen LogP contribution in [0.3, 0.4) is 0 Å². The van der Waals surface area contributed by atoms with Crippen molar-refractivity contribution in [1.29, 1.82) is 0 Å². The number of likely N-dealkylation sites (tertiary alicyclic amines) is 1. The minimum atomic E-state index is -0.712. The molecular formula is C37H61N5O4. The lowest BCUT2D eigenvalue weighted by Gasteiger charge is -2.33. The lowest BCUT2D eigenvalue weighted by Crippen LogP contribution is -2.55. The molecule has 4 rings (SSSR count). The Labute approximate surface area is 277 Å². The number of allylic oxidation sites excluding steroid dienone is 4. The molecule has 0 aromatic carbocycles. The highest BCUT2D eigenvalue weighted by Crippen LogP contribution is 2.38. The van der Waals surface area contributed by atoms with E-state index in [1.54, 1.807) is 4.90 Å². The summed E-state index contributed by atoms with van der Waals surface area (Å²) in [6.45, 7) is 8.92. The number of fused-ring (bicyclic) bond motifs is 1. The molecule has 1 fully saturated rings. The topological polar surface area (TPSA) is 126 Å². The van der Waals surface area contributed by atoms with Gasteiger partial charge < -0.3 is 31.3 Å². The second kappa shape index (κ2) is 18.7. The maximum atomic E-state index is 13.7. The minimum absolute atomic E-state index is 0.0537. The van der Waals surface area contributed by atoms with Crippen LogP contribution in [0.5, 0.6) is 0 Å². The third kappa shape index (κ3) is 10.8. The summed E-state index contributed by atoms with van der Waals surface area (Å²) in [6, 6.07) is -1.52. The summed E-state index contributed by atoms with van der Waals surface area (Å²) in [5, 5.41) is 9.48. The first-order chi connectivity index (χ1) is 22.3. The van der Waals surface area contributed by atoms with Crippen LogP contribution in [-0.2, 0) is 19.1 Å². The Morgan fingerprint density at radius 3 is 2.61 bits per heavy atom. The van der Waals surface area contributed by atoms with E-state index < -0.39 is 12.1 Å². The highest BCUT2D eigenvalue weighted by Gasteiger charge is 2.38. The molecule has 1 heterocycles. The second-order valence-electron chi connectivity index (χ2n) is 14.1. The first-order valence-corrected chi connectivity index (χ1v) is 18.3. The zero-order valence-corrected chi connectivity index (χ0v) is 28.7. The van der Waals surface area contributed by atoms with Crippen LogP contribution in [0.1, 0.15) is 104 Å². The van der Waals surface area contributed by atoms with Crippen molar-refractivity contribution >= 4 is 17.7 Å². The van der Waals surface area contributed by atoms with E-state index >= 15 is 0 Å². The van der Waals surface area contributed by atoms with Gasteiger partial charge in [-0.15, -0.1) is 0 Å². The smallest absolute Gasteiger partial charge is 0.243 e. The van der Waals surface area contributed by atoms with Gasteiger partial charge in [-0.05, 0) is 108 Å². The standard InChI is InChI=1S/C37H61N5O4/c1-4-29(5-2)37(45)42-19-11-16-34(42)36(44)41-33(21-28-17-18-30-14-9-10-15-31(30)20-28)35(43)40-24-32(38)23-39-22-26(3)46-25-27-12-7-6-8-13-27/h10,12,15,17,26,29-34,39H,4-9,11,13-14,16,18-25,38H2,1-3H3,(H,40,43)(H,41,44)/t26-,30?,31?,32?,33-,34?/m1/s1. The van der Waals surface area contributed by atoms with Crippen LogP contribution in [0.2, 0.25) is 0 Å². The fraction of sp³-hybridized carbons (Fsp3) is 0.757. The molecule has 1 saturated heterocycles. The summed E-state index contributed by atoms with van der Waals surface area (Å²) in [7, 11) is 0. The normalized spacial score (nSPS) is 24.9. The molecule has 9 nitrogen and oxygen atoms in total. The molecule has 0 bridgehead atoms. The third-order valence-corrected chi connectivity index (χ3v) is 10.5. The van der Waals surface area contributed by atoms with Gasteiger partial charge in [-0.25, -0.2) is 0 Å². The fourth-order valence-corrected chi connectivity index (χ4v) is 7.51. The molecule has 0 spiro atoms. The van der Waals surface area contributed by atoms with Crippen molar-refractivity contribution in [1.82, 2.24) is 20.9 Å². The van der Waals surface area contributed by atoms with Crippen LogP contribution < -0.4 is 21.7 Å². The number of carbonyl (C=O) groups excluding carboxylic acids is 3. The molecule has 258 valence electrons. The van der Waals surface area contributed by atoms with Crippen molar-refractivity contribution in [3.05, 3.63) is 35.5 Å². The summed E-state index contributed by atoms with van der Waals surface area (Å²) in [5.41, 5.74) is 9.00. The molecule has 4 aliphatic rings. The van der Waals surface area contributed by atoms with E-state index in [-0.39, 0.29) is 35.8 Å². The SMILES string of the molecule is CCC(CC)C(=O)N1CCCC1C(=O)N[C@H](CC1=CCC2CCC=CC2C1)C(=O)NCC(N)CNC[C@@H](C)OCC1=CCCCC1. The van der Waals surface area contributed by atoms with Crippen molar-refractivity contribution < 1.29 is 19.1 Å². The highest BCUT2D eigenvalue weighted by molar-refractivity contribution is 5.93. The predicted molar refractivity (Wildman–Crippen MR) is 184 cm³/mol. The van der Waals surface area contributed by atoms with Gasteiger partial charge in [0.25, 0.3) is 0 Å². The average Bonchev–Trinajstić information content (AvgIpc) is 3.57. The number of nitrogens with zero attached hydrogens (tertiary/aromatic N) is 1. The van der Waals surface area contributed by atoms with Crippen LogP contribution in [0, 0.1) is 17.8 Å². The van der Waals surface area contributed by atoms with Crippen LogP contribution in [-0.4, -0.2) is 79.6 Å². The van der Waals surface area contributed by atoms with Crippen molar-refractivity contribution in [2.45, 2.75) is 128 Å². The monoisotopic (exact) mass is 639 g/mol. The third-order valence-electron chi connectivity index (χ3n) is 10.5. The number of nitrogens with one attached hydrogen (secondary N) is 3. The first kappa shape index (κ1) is 36.3. The van der Waals surface area contributed by atoms with E-state index in [1.807, 2.05) is 13.8 Å². The van der Waals surface area contributed by atoms with E-state index in [2.05, 4.69) is 47.2 Å².